The zero-order valence-corrected chi connectivity index (χ0v) is 12.3. The van der Waals surface area contributed by atoms with Crippen molar-refractivity contribution in [2.45, 2.75) is 20.8 Å². The molecule has 0 spiro atoms. The van der Waals surface area contributed by atoms with E-state index in [1.54, 1.807) is 0 Å². The first-order valence-corrected chi connectivity index (χ1v) is 7.17. The zero-order valence-electron chi connectivity index (χ0n) is 12.3. The minimum atomic E-state index is -0.0355. The van der Waals surface area contributed by atoms with Crippen LogP contribution in [-0.2, 0) is 4.79 Å². The first-order chi connectivity index (χ1) is 9.46. The van der Waals surface area contributed by atoms with Crippen LogP contribution in [0.4, 0.5) is 0 Å². The quantitative estimate of drug-likeness (QED) is 0.686. The van der Waals surface area contributed by atoms with E-state index < -0.39 is 0 Å². The van der Waals surface area contributed by atoms with Crippen molar-refractivity contribution in [1.82, 2.24) is 0 Å². The number of benzene rings is 1. The van der Waals surface area contributed by atoms with Crippen molar-refractivity contribution in [2.24, 2.45) is 17.3 Å². The van der Waals surface area contributed by atoms with Crippen LogP contribution in [0.15, 0.2) is 60.2 Å². The van der Waals surface area contributed by atoms with Crippen LogP contribution < -0.4 is 0 Å². The third-order valence-corrected chi connectivity index (χ3v) is 3.86. The summed E-state index contributed by atoms with van der Waals surface area (Å²) in [5.41, 5.74) is 3.63. The predicted molar refractivity (Wildman–Crippen MR) is 83.1 cm³/mol. The molecule has 2 aliphatic carbocycles. The highest BCUT2D eigenvalue weighted by Gasteiger charge is 2.37. The molecule has 102 valence electrons. The summed E-state index contributed by atoms with van der Waals surface area (Å²) in [6.07, 6.45) is 8.36. The van der Waals surface area contributed by atoms with Crippen molar-refractivity contribution in [3.05, 3.63) is 65.8 Å². The maximum absolute atomic E-state index is 12.4. The monoisotopic (exact) mass is 264 g/mol. The second kappa shape index (κ2) is 4.59. The SMILES string of the molecule is CC(C)(C)C=C1[C@@H]2C=C[C@H]1C(=O)C=C2c1ccccc1. The summed E-state index contributed by atoms with van der Waals surface area (Å²) in [6.45, 7) is 6.55. The standard InChI is InChI=1S/C19H20O/c1-19(2,3)12-17-14-9-10-15(17)18(20)11-16(14)13-7-5-4-6-8-13/h4-12,14-15H,1-3H3/t14-,15-/m1/s1. The van der Waals surface area contributed by atoms with Crippen LogP contribution in [0.25, 0.3) is 5.57 Å². The molecule has 0 unspecified atom stereocenters. The van der Waals surface area contributed by atoms with Crippen LogP contribution in [-0.4, -0.2) is 5.78 Å². The molecule has 0 aliphatic heterocycles. The van der Waals surface area contributed by atoms with E-state index in [1.807, 2.05) is 24.3 Å². The van der Waals surface area contributed by atoms with Crippen molar-refractivity contribution in [1.29, 1.82) is 0 Å². The molecule has 0 aromatic heterocycles. The number of carbonyl (C=O) groups is 1. The summed E-state index contributed by atoms with van der Waals surface area (Å²) in [4.78, 5) is 12.4. The van der Waals surface area contributed by atoms with Crippen molar-refractivity contribution in [2.75, 3.05) is 0 Å². The highest BCUT2D eigenvalue weighted by atomic mass is 16.1. The number of hydrogen-bond donors (Lipinski definition) is 0. The maximum atomic E-state index is 12.4. The Morgan fingerprint density at radius 2 is 1.65 bits per heavy atom. The lowest BCUT2D eigenvalue weighted by molar-refractivity contribution is -0.116. The molecule has 1 nitrogen and oxygen atoms in total. The summed E-state index contributed by atoms with van der Waals surface area (Å²) in [6, 6.07) is 10.2. The fourth-order valence-corrected chi connectivity index (χ4v) is 3.09. The van der Waals surface area contributed by atoms with Gasteiger partial charge in [0.1, 0.15) is 0 Å². The number of hydrogen-bond acceptors (Lipinski definition) is 1. The molecule has 1 heteroatoms. The molecule has 0 fully saturated rings. The molecule has 1 aromatic carbocycles. The van der Waals surface area contributed by atoms with E-state index in [9.17, 15) is 4.79 Å². The Labute approximate surface area is 120 Å². The van der Waals surface area contributed by atoms with Gasteiger partial charge < -0.3 is 0 Å². The van der Waals surface area contributed by atoms with Gasteiger partial charge in [-0.1, -0.05) is 69.3 Å². The van der Waals surface area contributed by atoms with E-state index >= 15 is 0 Å². The van der Waals surface area contributed by atoms with Gasteiger partial charge in [-0.15, -0.1) is 0 Å². The molecule has 2 aliphatic rings. The van der Waals surface area contributed by atoms with Gasteiger partial charge >= 0.3 is 0 Å². The smallest absolute Gasteiger partial charge is 0.166 e. The summed E-state index contributed by atoms with van der Waals surface area (Å²) < 4.78 is 0. The zero-order chi connectivity index (χ0) is 14.3. The van der Waals surface area contributed by atoms with Gasteiger partial charge in [0.25, 0.3) is 0 Å². The third-order valence-electron chi connectivity index (χ3n) is 3.86. The molecule has 0 saturated carbocycles. The maximum Gasteiger partial charge on any atom is 0.166 e. The summed E-state index contributed by atoms with van der Waals surface area (Å²) >= 11 is 0. The molecule has 20 heavy (non-hydrogen) atoms. The van der Waals surface area contributed by atoms with E-state index in [2.05, 4.69) is 51.1 Å². The van der Waals surface area contributed by atoms with Crippen LogP contribution in [0.5, 0.6) is 0 Å². The van der Waals surface area contributed by atoms with Gasteiger partial charge in [-0.25, -0.2) is 0 Å². The molecule has 0 amide bonds. The first-order valence-electron chi connectivity index (χ1n) is 7.17. The second-order valence-electron chi connectivity index (χ2n) is 6.72. The van der Waals surface area contributed by atoms with Crippen LogP contribution in [0.3, 0.4) is 0 Å². The molecule has 2 atom stereocenters. The fraction of sp³-hybridized carbons (Fsp3) is 0.316. The average Bonchev–Trinajstić information content (AvgIpc) is 2.68. The van der Waals surface area contributed by atoms with E-state index in [0.717, 1.165) is 11.1 Å². The first kappa shape index (κ1) is 13.1. The van der Waals surface area contributed by atoms with Gasteiger partial charge in [0.2, 0.25) is 0 Å². The van der Waals surface area contributed by atoms with E-state index in [1.165, 1.54) is 5.57 Å². The van der Waals surface area contributed by atoms with E-state index in [0.29, 0.717) is 0 Å². The van der Waals surface area contributed by atoms with Crippen molar-refractivity contribution >= 4 is 11.4 Å². The second-order valence-corrected chi connectivity index (χ2v) is 6.72. The Morgan fingerprint density at radius 1 is 1.00 bits per heavy atom. The third kappa shape index (κ3) is 2.29. The molecule has 1 aromatic rings. The van der Waals surface area contributed by atoms with Crippen LogP contribution in [0, 0.1) is 17.3 Å². The highest BCUT2D eigenvalue weighted by molar-refractivity contribution is 6.06. The molecule has 0 saturated heterocycles. The molecule has 2 bridgehead atoms. The summed E-state index contributed by atoms with van der Waals surface area (Å²) in [5.74, 6) is 0.440. The minimum Gasteiger partial charge on any atom is -0.294 e. The van der Waals surface area contributed by atoms with Crippen molar-refractivity contribution in [3.63, 3.8) is 0 Å². The van der Waals surface area contributed by atoms with Gasteiger partial charge in [0.05, 0.1) is 5.92 Å². The highest BCUT2D eigenvalue weighted by Crippen LogP contribution is 2.45. The van der Waals surface area contributed by atoms with Gasteiger partial charge in [-0.2, -0.15) is 0 Å². The number of ketones is 1. The molecule has 0 N–H and O–H groups in total. The molecule has 0 heterocycles. The number of fused-ring (bicyclic) bond motifs is 2. The number of rotatable bonds is 1. The normalized spacial score (nSPS) is 27.1. The topological polar surface area (TPSA) is 17.1 Å². The Morgan fingerprint density at radius 3 is 2.30 bits per heavy atom. The number of carbonyl (C=O) groups excluding carboxylic acids is 1. The van der Waals surface area contributed by atoms with Crippen molar-refractivity contribution < 1.29 is 4.79 Å². The fourth-order valence-electron chi connectivity index (χ4n) is 3.09. The Bertz CT molecular complexity index is 623. The Kier molecular flexibility index (Phi) is 3.01. The van der Waals surface area contributed by atoms with Crippen LogP contribution in [0.2, 0.25) is 0 Å². The van der Waals surface area contributed by atoms with Crippen LogP contribution in [0.1, 0.15) is 26.3 Å². The lowest BCUT2D eigenvalue weighted by atomic mass is 9.76. The minimum absolute atomic E-state index is 0.0355. The van der Waals surface area contributed by atoms with Gasteiger partial charge in [0, 0.05) is 5.92 Å². The van der Waals surface area contributed by atoms with Gasteiger partial charge in [-0.3, -0.25) is 4.79 Å². The summed E-state index contributed by atoms with van der Waals surface area (Å²) in [7, 11) is 0. The van der Waals surface area contributed by atoms with Gasteiger partial charge in [-0.05, 0) is 28.2 Å². The predicted octanol–water partition coefficient (Wildman–Crippen LogP) is 4.43. The molecular weight excluding hydrogens is 244 g/mol. The largest absolute Gasteiger partial charge is 0.294 e. The van der Waals surface area contributed by atoms with E-state index in [4.69, 9.17) is 0 Å². The Balaban J connectivity index is 2.09. The lowest BCUT2D eigenvalue weighted by Crippen LogP contribution is -2.21. The summed E-state index contributed by atoms with van der Waals surface area (Å²) in [5, 5.41) is 0. The Hall–Kier alpha value is -1.89. The van der Waals surface area contributed by atoms with Crippen LogP contribution >= 0.6 is 0 Å². The molecular formula is C19H20O. The van der Waals surface area contributed by atoms with E-state index in [-0.39, 0.29) is 23.0 Å². The molecule has 3 rings (SSSR count). The molecule has 0 radical (unpaired) electrons. The average molecular weight is 264 g/mol. The van der Waals surface area contributed by atoms with Crippen molar-refractivity contribution in [3.8, 4) is 0 Å². The van der Waals surface area contributed by atoms with Gasteiger partial charge in [0.15, 0.2) is 5.78 Å². The number of allylic oxidation sites excluding steroid dienone is 6. The lowest BCUT2D eigenvalue weighted by Gasteiger charge is -2.27.